The molecule has 2 aromatic rings. The van der Waals surface area contributed by atoms with Gasteiger partial charge in [0.25, 0.3) is 5.91 Å². The summed E-state index contributed by atoms with van der Waals surface area (Å²) in [5.41, 5.74) is -3.34. The maximum Gasteiger partial charge on any atom is 0.426 e. The highest BCUT2D eigenvalue weighted by Gasteiger charge is 2.57. The molecule has 0 saturated carbocycles. The molecule has 2 rings (SSSR count). The zero-order valence-electron chi connectivity index (χ0n) is 13.3. The van der Waals surface area contributed by atoms with Crippen molar-refractivity contribution in [2.45, 2.75) is 23.6 Å². The van der Waals surface area contributed by atoms with Gasteiger partial charge in [0.2, 0.25) is 5.60 Å². The van der Waals surface area contributed by atoms with Gasteiger partial charge in [-0.05, 0) is 43.5 Å². The van der Waals surface area contributed by atoms with E-state index in [1.807, 2.05) is 0 Å². The highest BCUT2D eigenvalue weighted by molar-refractivity contribution is 7.98. The van der Waals surface area contributed by atoms with Gasteiger partial charge in [0, 0.05) is 4.90 Å². The molecule has 8 heteroatoms. The molecular formula is C17H15ClF3NO2S. The fourth-order valence-corrected chi connectivity index (χ4v) is 2.76. The SMILES string of the molecule is CSc1cccc(N(C(=O)C(C)(O)C(F)(F)F)c2ccccc2Cl)c1. The number of aliphatic hydroxyl groups is 1. The van der Waals surface area contributed by atoms with E-state index in [1.165, 1.54) is 30.0 Å². The first-order valence-electron chi connectivity index (χ1n) is 7.12. The number of halogens is 4. The number of amides is 1. The molecule has 0 spiro atoms. The number of nitrogens with zero attached hydrogens (tertiary/aromatic N) is 1. The summed E-state index contributed by atoms with van der Waals surface area (Å²) < 4.78 is 39.6. The smallest absolute Gasteiger partial charge is 0.373 e. The number of alkyl halides is 3. The van der Waals surface area contributed by atoms with Crippen molar-refractivity contribution in [2.24, 2.45) is 0 Å². The summed E-state index contributed by atoms with van der Waals surface area (Å²) >= 11 is 7.46. The van der Waals surface area contributed by atoms with Crippen molar-refractivity contribution in [1.29, 1.82) is 0 Å². The molecule has 0 radical (unpaired) electrons. The third-order valence-electron chi connectivity index (χ3n) is 3.58. The molecule has 0 fully saturated rings. The fraction of sp³-hybridized carbons (Fsp3) is 0.235. The van der Waals surface area contributed by atoms with Crippen LogP contribution in [0.4, 0.5) is 24.5 Å². The van der Waals surface area contributed by atoms with Crippen molar-refractivity contribution in [3.05, 3.63) is 53.6 Å². The molecule has 0 aliphatic carbocycles. The summed E-state index contributed by atoms with van der Waals surface area (Å²) in [4.78, 5) is 14.2. The second-order valence-corrected chi connectivity index (χ2v) is 6.65. The quantitative estimate of drug-likeness (QED) is 0.745. The largest absolute Gasteiger partial charge is 0.426 e. The molecule has 1 N–H and O–H groups in total. The molecule has 134 valence electrons. The molecule has 0 heterocycles. The van der Waals surface area contributed by atoms with Crippen LogP contribution < -0.4 is 4.90 Å². The lowest BCUT2D eigenvalue weighted by Crippen LogP contribution is -2.55. The number of benzene rings is 2. The average Bonchev–Trinajstić information content (AvgIpc) is 2.56. The molecule has 3 nitrogen and oxygen atoms in total. The molecule has 1 amide bonds. The maximum atomic E-state index is 13.2. The van der Waals surface area contributed by atoms with Crippen molar-refractivity contribution in [3.63, 3.8) is 0 Å². The Morgan fingerprint density at radius 2 is 1.80 bits per heavy atom. The average molecular weight is 390 g/mol. The van der Waals surface area contributed by atoms with Crippen LogP contribution >= 0.6 is 23.4 Å². The van der Waals surface area contributed by atoms with Crippen LogP contribution in [0.1, 0.15) is 6.92 Å². The Labute approximate surface area is 152 Å². The minimum absolute atomic E-state index is 0.0527. The van der Waals surface area contributed by atoms with E-state index < -0.39 is 17.7 Å². The monoisotopic (exact) mass is 389 g/mol. The predicted molar refractivity (Wildman–Crippen MR) is 93.5 cm³/mol. The summed E-state index contributed by atoms with van der Waals surface area (Å²) in [5.74, 6) is -1.54. The van der Waals surface area contributed by atoms with Gasteiger partial charge in [-0.25, -0.2) is 0 Å². The lowest BCUT2D eigenvalue weighted by Gasteiger charge is -2.32. The third kappa shape index (κ3) is 3.94. The maximum absolute atomic E-state index is 13.2. The van der Waals surface area contributed by atoms with Crippen LogP contribution in [0.15, 0.2) is 53.4 Å². The van der Waals surface area contributed by atoms with Crippen LogP contribution in [0.25, 0.3) is 0 Å². The van der Waals surface area contributed by atoms with Gasteiger partial charge in [-0.15, -0.1) is 11.8 Å². The van der Waals surface area contributed by atoms with Gasteiger partial charge in [-0.1, -0.05) is 29.8 Å². The molecule has 1 unspecified atom stereocenters. The van der Waals surface area contributed by atoms with E-state index in [-0.39, 0.29) is 16.4 Å². The molecule has 0 saturated heterocycles. The van der Waals surface area contributed by atoms with Crippen LogP contribution in [0, 0.1) is 0 Å². The minimum Gasteiger partial charge on any atom is -0.373 e. The van der Waals surface area contributed by atoms with Gasteiger partial charge in [-0.2, -0.15) is 13.2 Å². The molecule has 0 aliphatic rings. The Morgan fingerprint density at radius 3 is 2.36 bits per heavy atom. The second kappa shape index (κ2) is 7.27. The van der Waals surface area contributed by atoms with Gasteiger partial charge in [-0.3, -0.25) is 9.69 Å². The topological polar surface area (TPSA) is 40.5 Å². The van der Waals surface area contributed by atoms with Crippen molar-refractivity contribution in [2.75, 3.05) is 11.2 Å². The highest BCUT2D eigenvalue weighted by atomic mass is 35.5. The summed E-state index contributed by atoms with van der Waals surface area (Å²) in [5, 5.41) is 9.95. The Bertz CT molecular complexity index is 780. The van der Waals surface area contributed by atoms with Gasteiger partial charge < -0.3 is 5.11 Å². The van der Waals surface area contributed by atoms with Crippen LogP contribution in [0.5, 0.6) is 0 Å². The number of para-hydroxylation sites is 1. The standard InChI is InChI=1S/C17H15ClF3NO2S/c1-16(24,17(19,20)21)15(23)22(14-9-4-3-8-13(14)18)11-6-5-7-12(10-11)25-2/h3-10,24H,1-2H3. The van der Waals surface area contributed by atoms with E-state index in [1.54, 1.807) is 36.6 Å². The zero-order valence-corrected chi connectivity index (χ0v) is 14.9. The van der Waals surface area contributed by atoms with Gasteiger partial charge in [0.05, 0.1) is 16.4 Å². The van der Waals surface area contributed by atoms with Crippen LogP contribution in [0.2, 0.25) is 5.02 Å². The number of rotatable bonds is 4. The lowest BCUT2D eigenvalue weighted by molar-refractivity contribution is -0.243. The van der Waals surface area contributed by atoms with Crippen molar-refractivity contribution >= 4 is 40.6 Å². The van der Waals surface area contributed by atoms with Crippen molar-refractivity contribution in [3.8, 4) is 0 Å². The Hall–Kier alpha value is -1.70. The Morgan fingerprint density at radius 1 is 1.16 bits per heavy atom. The summed E-state index contributed by atoms with van der Waals surface area (Å²) in [6, 6.07) is 12.4. The Balaban J connectivity index is 2.65. The summed E-state index contributed by atoms with van der Waals surface area (Å²) in [7, 11) is 0. The van der Waals surface area contributed by atoms with E-state index in [0.717, 1.165) is 9.80 Å². The lowest BCUT2D eigenvalue weighted by atomic mass is 10.0. The summed E-state index contributed by atoms with van der Waals surface area (Å²) in [6.45, 7) is 0.428. The van der Waals surface area contributed by atoms with E-state index in [2.05, 4.69) is 0 Å². The van der Waals surface area contributed by atoms with E-state index >= 15 is 0 Å². The first-order valence-corrected chi connectivity index (χ1v) is 8.72. The van der Waals surface area contributed by atoms with E-state index in [0.29, 0.717) is 6.92 Å². The van der Waals surface area contributed by atoms with E-state index in [4.69, 9.17) is 11.6 Å². The Kier molecular flexibility index (Phi) is 5.71. The number of hydrogen-bond acceptors (Lipinski definition) is 3. The van der Waals surface area contributed by atoms with Gasteiger partial charge in [0.1, 0.15) is 0 Å². The first kappa shape index (κ1) is 19.6. The summed E-state index contributed by atoms with van der Waals surface area (Å²) in [6.07, 6.45) is -3.34. The van der Waals surface area contributed by atoms with Crippen molar-refractivity contribution < 1.29 is 23.1 Å². The molecule has 0 aromatic heterocycles. The number of hydrogen-bond donors (Lipinski definition) is 1. The fourth-order valence-electron chi connectivity index (χ4n) is 2.09. The predicted octanol–water partition coefficient (Wildman–Crippen LogP) is 5.04. The highest BCUT2D eigenvalue weighted by Crippen LogP contribution is 2.39. The van der Waals surface area contributed by atoms with Crippen molar-refractivity contribution in [1.82, 2.24) is 0 Å². The normalized spacial score (nSPS) is 14.0. The van der Waals surface area contributed by atoms with Crippen LogP contribution in [-0.4, -0.2) is 29.0 Å². The molecular weight excluding hydrogens is 375 g/mol. The van der Waals surface area contributed by atoms with Gasteiger partial charge >= 0.3 is 6.18 Å². The zero-order chi connectivity index (χ0) is 18.8. The molecule has 0 bridgehead atoms. The minimum atomic E-state index is -5.14. The molecule has 1 atom stereocenters. The number of carbonyl (C=O) groups excluding carboxylic acids is 1. The first-order chi connectivity index (χ1) is 11.6. The van der Waals surface area contributed by atoms with Crippen LogP contribution in [0.3, 0.4) is 0 Å². The molecule has 2 aromatic carbocycles. The molecule has 0 aliphatic heterocycles. The number of carbonyl (C=O) groups is 1. The van der Waals surface area contributed by atoms with Crippen LogP contribution in [-0.2, 0) is 4.79 Å². The molecule has 25 heavy (non-hydrogen) atoms. The second-order valence-electron chi connectivity index (χ2n) is 5.36. The van der Waals surface area contributed by atoms with E-state index in [9.17, 15) is 23.1 Å². The number of thioether (sulfide) groups is 1. The van der Waals surface area contributed by atoms with Gasteiger partial charge in [0.15, 0.2) is 0 Å². The third-order valence-corrected chi connectivity index (χ3v) is 4.62. The number of anilines is 2.